The van der Waals surface area contributed by atoms with Gasteiger partial charge in [0.05, 0.1) is 11.8 Å². The zero-order valence-corrected chi connectivity index (χ0v) is 14.3. The van der Waals surface area contributed by atoms with Crippen LogP contribution >= 0.6 is 11.8 Å². The number of piperidine rings is 1. The van der Waals surface area contributed by atoms with Crippen molar-refractivity contribution >= 4 is 17.7 Å². The monoisotopic (exact) mass is 329 g/mol. The minimum atomic E-state index is 0.127. The number of carbonyl (C=O) groups is 1. The van der Waals surface area contributed by atoms with Gasteiger partial charge in [0.2, 0.25) is 5.91 Å². The molecule has 0 saturated carbocycles. The predicted octanol–water partition coefficient (Wildman–Crippen LogP) is 3.75. The van der Waals surface area contributed by atoms with Crippen LogP contribution in [0.4, 0.5) is 0 Å². The number of imidazole rings is 1. The molecular weight excluding hydrogens is 306 g/mol. The van der Waals surface area contributed by atoms with Crippen LogP contribution in [0.3, 0.4) is 0 Å². The molecule has 2 heterocycles. The van der Waals surface area contributed by atoms with Gasteiger partial charge in [-0.2, -0.15) is 0 Å². The second-order valence-corrected chi connectivity index (χ2v) is 6.82. The molecule has 0 radical (unpaired) electrons. The first kappa shape index (κ1) is 16.1. The largest absolute Gasteiger partial charge is 0.333 e. The second kappa shape index (κ2) is 7.68. The molecule has 23 heavy (non-hydrogen) atoms. The maximum atomic E-state index is 12.7. The first-order chi connectivity index (χ1) is 11.3. The Morgan fingerprint density at radius 2 is 2.13 bits per heavy atom. The van der Waals surface area contributed by atoms with E-state index in [-0.39, 0.29) is 11.9 Å². The Balaban J connectivity index is 1.69. The molecule has 0 unspecified atom stereocenters. The fraction of sp³-hybridized carbons (Fsp3) is 0.444. The summed E-state index contributed by atoms with van der Waals surface area (Å²) in [5, 5.41) is 0. The number of aromatic nitrogens is 2. The second-order valence-electron chi connectivity index (χ2n) is 5.77. The Bertz CT molecular complexity index is 641. The smallest absolute Gasteiger partial charge is 0.233 e. The van der Waals surface area contributed by atoms with E-state index in [0.717, 1.165) is 43.1 Å². The van der Waals surface area contributed by atoms with Crippen molar-refractivity contribution in [2.24, 2.45) is 0 Å². The van der Waals surface area contributed by atoms with Gasteiger partial charge in [-0.25, -0.2) is 4.98 Å². The van der Waals surface area contributed by atoms with E-state index in [2.05, 4.69) is 28.6 Å². The van der Waals surface area contributed by atoms with Crippen LogP contribution < -0.4 is 0 Å². The molecule has 1 amide bonds. The van der Waals surface area contributed by atoms with E-state index >= 15 is 0 Å². The van der Waals surface area contributed by atoms with Crippen molar-refractivity contribution in [3.8, 4) is 0 Å². The highest BCUT2D eigenvalue weighted by Gasteiger charge is 2.30. The molecule has 0 aliphatic carbocycles. The van der Waals surface area contributed by atoms with Gasteiger partial charge in [-0.05, 0) is 38.3 Å². The van der Waals surface area contributed by atoms with Crippen LogP contribution in [0.5, 0.6) is 0 Å². The zero-order valence-electron chi connectivity index (χ0n) is 13.5. The third-order valence-electron chi connectivity index (χ3n) is 4.32. The SMILES string of the molecule is CCn1ccnc1[C@@H]1CCCCN1C(=O)CSc1ccccc1. The van der Waals surface area contributed by atoms with Crippen molar-refractivity contribution < 1.29 is 4.79 Å². The highest BCUT2D eigenvalue weighted by Crippen LogP contribution is 2.31. The van der Waals surface area contributed by atoms with E-state index in [1.165, 1.54) is 0 Å². The predicted molar refractivity (Wildman–Crippen MR) is 93.4 cm³/mol. The van der Waals surface area contributed by atoms with Crippen LogP contribution in [0, 0.1) is 0 Å². The van der Waals surface area contributed by atoms with Crippen molar-refractivity contribution in [3.05, 3.63) is 48.5 Å². The molecule has 1 atom stereocenters. The number of carbonyl (C=O) groups excluding carboxylic acids is 1. The minimum absolute atomic E-state index is 0.127. The molecule has 5 heteroatoms. The Kier molecular flexibility index (Phi) is 5.39. The zero-order chi connectivity index (χ0) is 16.1. The van der Waals surface area contributed by atoms with E-state index in [4.69, 9.17) is 0 Å². The third kappa shape index (κ3) is 3.78. The quantitative estimate of drug-likeness (QED) is 0.784. The Morgan fingerprint density at radius 1 is 1.30 bits per heavy atom. The standard InChI is InChI=1S/C18H23N3OS/c1-2-20-13-11-19-18(20)16-10-6-7-12-21(16)17(22)14-23-15-8-4-3-5-9-15/h3-5,8-9,11,13,16H,2,6-7,10,12,14H2,1H3/t16-/m0/s1. The summed E-state index contributed by atoms with van der Waals surface area (Å²) < 4.78 is 2.15. The third-order valence-corrected chi connectivity index (χ3v) is 5.31. The number of hydrogen-bond donors (Lipinski definition) is 0. The van der Waals surface area contributed by atoms with Crippen LogP contribution in [-0.4, -0.2) is 32.7 Å². The van der Waals surface area contributed by atoms with Crippen molar-refractivity contribution in [2.45, 2.75) is 43.7 Å². The molecule has 0 bridgehead atoms. The lowest BCUT2D eigenvalue weighted by atomic mass is 10.0. The molecule has 1 aromatic heterocycles. The van der Waals surface area contributed by atoms with Crippen molar-refractivity contribution in [2.75, 3.05) is 12.3 Å². The first-order valence-corrected chi connectivity index (χ1v) is 9.26. The van der Waals surface area contributed by atoms with E-state index in [9.17, 15) is 4.79 Å². The Labute approximate surface area is 141 Å². The topological polar surface area (TPSA) is 38.1 Å². The fourth-order valence-corrected chi connectivity index (χ4v) is 3.93. The van der Waals surface area contributed by atoms with Crippen molar-refractivity contribution in [1.29, 1.82) is 0 Å². The van der Waals surface area contributed by atoms with Crippen molar-refractivity contribution in [1.82, 2.24) is 14.5 Å². The van der Waals surface area contributed by atoms with Gasteiger partial charge >= 0.3 is 0 Å². The molecule has 4 nitrogen and oxygen atoms in total. The van der Waals surface area contributed by atoms with Crippen LogP contribution in [-0.2, 0) is 11.3 Å². The summed E-state index contributed by atoms with van der Waals surface area (Å²) in [7, 11) is 0. The first-order valence-electron chi connectivity index (χ1n) is 8.28. The minimum Gasteiger partial charge on any atom is -0.333 e. The maximum absolute atomic E-state index is 12.7. The molecule has 3 rings (SSSR count). The number of hydrogen-bond acceptors (Lipinski definition) is 3. The summed E-state index contributed by atoms with van der Waals surface area (Å²) in [5.74, 6) is 1.74. The average Bonchev–Trinajstić information content (AvgIpc) is 3.09. The van der Waals surface area contributed by atoms with E-state index in [1.54, 1.807) is 11.8 Å². The number of thioether (sulfide) groups is 1. The van der Waals surface area contributed by atoms with E-state index in [0.29, 0.717) is 5.75 Å². The summed E-state index contributed by atoms with van der Waals surface area (Å²) in [6.07, 6.45) is 7.11. The number of likely N-dealkylation sites (tertiary alicyclic amines) is 1. The van der Waals surface area contributed by atoms with E-state index < -0.39 is 0 Å². The Hall–Kier alpha value is -1.75. The number of aryl methyl sites for hydroxylation is 1. The van der Waals surface area contributed by atoms with Gasteiger partial charge in [0.1, 0.15) is 5.82 Å². The van der Waals surface area contributed by atoms with Gasteiger partial charge in [0, 0.05) is 30.4 Å². The lowest BCUT2D eigenvalue weighted by Gasteiger charge is -2.35. The molecule has 1 fully saturated rings. The van der Waals surface area contributed by atoms with Crippen LogP contribution in [0.2, 0.25) is 0 Å². The highest BCUT2D eigenvalue weighted by molar-refractivity contribution is 8.00. The maximum Gasteiger partial charge on any atom is 0.233 e. The molecule has 1 aliphatic rings. The van der Waals surface area contributed by atoms with Gasteiger partial charge < -0.3 is 9.47 Å². The number of amides is 1. The summed E-state index contributed by atoms with van der Waals surface area (Å²) in [4.78, 5) is 20.4. The summed E-state index contributed by atoms with van der Waals surface area (Å²) >= 11 is 1.61. The average molecular weight is 329 g/mol. The van der Waals surface area contributed by atoms with E-state index in [1.807, 2.05) is 35.5 Å². The van der Waals surface area contributed by atoms with Crippen LogP contribution in [0.15, 0.2) is 47.6 Å². The molecule has 0 spiro atoms. The molecule has 0 N–H and O–H groups in total. The van der Waals surface area contributed by atoms with Gasteiger partial charge in [-0.1, -0.05) is 18.2 Å². The lowest BCUT2D eigenvalue weighted by Crippen LogP contribution is -2.40. The normalized spacial score (nSPS) is 18.1. The number of benzene rings is 1. The molecular formula is C18H23N3OS. The highest BCUT2D eigenvalue weighted by atomic mass is 32.2. The molecule has 1 saturated heterocycles. The molecule has 1 aromatic carbocycles. The molecule has 2 aromatic rings. The number of nitrogens with zero attached hydrogens (tertiary/aromatic N) is 3. The Morgan fingerprint density at radius 3 is 2.91 bits per heavy atom. The molecule has 1 aliphatic heterocycles. The molecule has 122 valence electrons. The van der Waals surface area contributed by atoms with Crippen LogP contribution in [0.25, 0.3) is 0 Å². The fourth-order valence-electron chi connectivity index (χ4n) is 3.13. The van der Waals surface area contributed by atoms with Gasteiger partial charge in [0.15, 0.2) is 0 Å². The van der Waals surface area contributed by atoms with Crippen molar-refractivity contribution in [3.63, 3.8) is 0 Å². The van der Waals surface area contributed by atoms with Crippen LogP contribution in [0.1, 0.15) is 38.1 Å². The summed E-state index contributed by atoms with van der Waals surface area (Å²) in [6.45, 7) is 3.85. The van der Waals surface area contributed by atoms with Gasteiger partial charge in [-0.3, -0.25) is 4.79 Å². The van der Waals surface area contributed by atoms with Gasteiger partial charge in [-0.15, -0.1) is 11.8 Å². The number of rotatable bonds is 5. The summed E-state index contributed by atoms with van der Waals surface area (Å²) in [5.41, 5.74) is 0. The van der Waals surface area contributed by atoms with Gasteiger partial charge in [0.25, 0.3) is 0 Å². The summed E-state index contributed by atoms with van der Waals surface area (Å²) in [6, 6.07) is 10.2. The lowest BCUT2D eigenvalue weighted by molar-refractivity contribution is -0.132.